The van der Waals surface area contributed by atoms with Crippen LogP contribution in [0.4, 0.5) is 5.69 Å². The highest BCUT2D eigenvalue weighted by Crippen LogP contribution is 2.17. The number of hydrogen-bond acceptors (Lipinski definition) is 2. The Balaban J connectivity index is 2.19. The number of amides is 2. The van der Waals surface area contributed by atoms with E-state index in [2.05, 4.69) is 10.6 Å². The average Bonchev–Trinajstić information content (AvgIpc) is 2.56. The first-order valence-corrected chi connectivity index (χ1v) is 7.45. The van der Waals surface area contributed by atoms with Crippen molar-refractivity contribution < 1.29 is 9.59 Å². The molecule has 0 aliphatic rings. The summed E-state index contributed by atoms with van der Waals surface area (Å²) >= 11 is 5.84. The molecule has 0 aromatic heterocycles. The van der Waals surface area contributed by atoms with Crippen LogP contribution in [-0.2, 0) is 4.79 Å². The number of carbonyl (C=O) groups excluding carboxylic acids is 2. The van der Waals surface area contributed by atoms with Gasteiger partial charge in [-0.25, -0.2) is 0 Å². The van der Waals surface area contributed by atoms with Crippen LogP contribution in [0.3, 0.4) is 0 Å². The van der Waals surface area contributed by atoms with E-state index < -0.39 is 0 Å². The Morgan fingerprint density at radius 2 is 1.70 bits per heavy atom. The predicted octanol–water partition coefficient (Wildman–Crippen LogP) is 3.74. The first-order valence-electron chi connectivity index (χ1n) is 7.07. The van der Waals surface area contributed by atoms with Gasteiger partial charge in [0.15, 0.2) is 0 Å². The van der Waals surface area contributed by atoms with Crippen molar-refractivity contribution in [2.24, 2.45) is 0 Å². The molecule has 0 spiro atoms. The first-order chi connectivity index (χ1) is 11.0. The molecule has 0 bridgehead atoms. The zero-order chi connectivity index (χ0) is 16.8. The summed E-state index contributed by atoms with van der Waals surface area (Å²) in [6.07, 6.45) is 1.76. The van der Waals surface area contributed by atoms with E-state index in [4.69, 9.17) is 11.6 Å². The molecule has 2 aromatic carbocycles. The van der Waals surface area contributed by atoms with Gasteiger partial charge in [0.05, 0.1) is 11.3 Å². The highest BCUT2D eigenvalue weighted by molar-refractivity contribution is 6.30. The topological polar surface area (TPSA) is 58.2 Å². The average molecular weight is 329 g/mol. The maximum absolute atomic E-state index is 12.3. The quantitative estimate of drug-likeness (QED) is 0.840. The Morgan fingerprint density at radius 1 is 1.04 bits per heavy atom. The Labute approximate surface area is 140 Å². The van der Waals surface area contributed by atoms with Gasteiger partial charge in [0.2, 0.25) is 0 Å². The van der Waals surface area contributed by atoms with Gasteiger partial charge in [-0.1, -0.05) is 35.9 Å². The standard InChI is InChI=1S/C18H17ClN2O2/c1-12(11-13-7-9-14(19)10-8-13)17(22)21-16-6-4-3-5-15(16)18(23)20-2/h3-11H,1-2H3,(H,20,23)(H,21,22)/b12-11+. The van der Waals surface area contributed by atoms with Crippen LogP contribution < -0.4 is 10.6 Å². The molecule has 5 heteroatoms. The molecular formula is C18H17ClN2O2. The third-order valence-electron chi connectivity index (χ3n) is 3.26. The van der Waals surface area contributed by atoms with Crippen LogP contribution >= 0.6 is 11.6 Å². The monoisotopic (exact) mass is 328 g/mol. The lowest BCUT2D eigenvalue weighted by Crippen LogP contribution is -2.21. The Morgan fingerprint density at radius 3 is 2.35 bits per heavy atom. The molecule has 0 fully saturated rings. The van der Waals surface area contributed by atoms with Crippen LogP contribution in [0.2, 0.25) is 5.02 Å². The number of anilines is 1. The molecule has 23 heavy (non-hydrogen) atoms. The summed E-state index contributed by atoms with van der Waals surface area (Å²) in [5, 5.41) is 5.96. The molecule has 2 N–H and O–H groups in total. The van der Waals surface area contributed by atoms with Crippen molar-refractivity contribution in [3.63, 3.8) is 0 Å². The van der Waals surface area contributed by atoms with Gasteiger partial charge >= 0.3 is 0 Å². The highest BCUT2D eigenvalue weighted by atomic mass is 35.5. The lowest BCUT2D eigenvalue weighted by Gasteiger charge is -2.10. The zero-order valence-corrected chi connectivity index (χ0v) is 13.6. The molecule has 0 aliphatic heterocycles. The number of para-hydroxylation sites is 1. The van der Waals surface area contributed by atoms with Crippen LogP contribution in [-0.4, -0.2) is 18.9 Å². The zero-order valence-electron chi connectivity index (χ0n) is 12.9. The summed E-state index contributed by atoms with van der Waals surface area (Å²) < 4.78 is 0. The lowest BCUT2D eigenvalue weighted by atomic mass is 10.1. The minimum absolute atomic E-state index is 0.250. The summed E-state index contributed by atoms with van der Waals surface area (Å²) in [6, 6.07) is 14.1. The van der Waals surface area contributed by atoms with E-state index in [0.717, 1.165) is 5.56 Å². The third kappa shape index (κ3) is 4.44. The second kappa shape index (κ2) is 7.61. The fourth-order valence-corrected chi connectivity index (χ4v) is 2.15. The summed E-state index contributed by atoms with van der Waals surface area (Å²) in [4.78, 5) is 24.1. The first kappa shape index (κ1) is 16.8. The van der Waals surface area contributed by atoms with Crippen LogP contribution in [0.15, 0.2) is 54.1 Å². The van der Waals surface area contributed by atoms with Gasteiger partial charge in [-0.05, 0) is 42.8 Å². The number of nitrogens with one attached hydrogen (secondary N) is 2. The van der Waals surface area contributed by atoms with E-state index in [1.54, 1.807) is 56.4 Å². The van der Waals surface area contributed by atoms with E-state index in [9.17, 15) is 9.59 Å². The Kier molecular flexibility index (Phi) is 5.55. The Bertz CT molecular complexity index is 752. The van der Waals surface area contributed by atoms with E-state index in [0.29, 0.717) is 21.8 Å². The molecule has 2 amide bonds. The molecule has 4 nitrogen and oxygen atoms in total. The molecule has 0 radical (unpaired) electrons. The minimum atomic E-state index is -0.267. The molecular weight excluding hydrogens is 312 g/mol. The summed E-state index contributed by atoms with van der Waals surface area (Å²) in [5.41, 5.74) is 2.30. The van der Waals surface area contributed by atoms with Gasteiger partial charge < -0.3 is 10.6 Å². The van der Waals surface area contributed by atoms with E-state index in [1.807, 2.05) is 12.1 Å². The smallest absolute Gasteiger partial charge is 0.253 e. The SMILES string of the molecule is CNC(=O)c1ccccc1NC(=O)/C(C)=C/c1ccc(Cl)cc1. The maximum Gasteiger partial charge on any atom is 0.253 e. The van der Waals surface area contributed by atoms with E-state index in [1.165, 1.54) is 0 Å². The number of halogens is 1. The molecule has 2 aromatic rings. The lowest BCUT2D eigenvalue weighted by molar-refractivity contribution is -0.112. The normalized spacial score (nSPS) is 11.0. The molecule has 118 valence electrons. The van der Waals surface area contributed by atoms with Crippen LogP contribution in [0.1, 0.15) is 22.8 Å². The molecule has 0 aliphatic carbocycles. The van der Waals surface area contributed by atoms with Gasteiger partial charge in [0, 0.05) is 17.6 Å². The Hall–Kier alpha value is -2.59. The second-order valence-corrected chi connectivity index (χ2v) is 5.39. The van der Waals surface area contributed by atoms with Gasteiger partial charge in [-0.3, -0.25) is 9.59 Å². The van der Waals surface area contributed by atoms with Crippen molar-refractivity contribution in [3.05, 3.63) is 70.3 Å². The summed E-state index contributed by atoms with van der Waals surface area (Å²) in [6.45, 7) is 1.71. The molecule has 0 atom stereocenters. The van der Waals surface area contributed by atoms with Crippen LogP contribution in [0.25, 0.3) is 6.08 Å². The predicted molar refractivity (Wildman–Crippen MR) is 93.6 cm³/mol. The van der Waals surface area contributed by atoms with Gasteiger partial charge in [0.1, 0.15) is 0 Å². The molecule has 0 saturated carbocycles. The fourth-order valence-electron chi connectivity index (χ4n) is 2.02. The molecule has 0 heterocycles. The third-order valence-corrected chi connectivity index (χ3v) is 3.51. The van der Waals surface area contributed by atoms with Gasteiger partial charge in [0.25, 0.3) is 11.8 Å². The maximum atomic E-state index is 12.3. The molecule has 0 saturated heterocycles. The minimum Gasteiger partial charge on any atom is -0.355 e. The van der Waals surface area contributed by atoms with Gasteiger partial charge in [-0.15, -0.1) is 0 Å². The van der Waals surface area contributed by atoms with Crippen LogP contribution in [0, 0.1) is 0 Å². The number of carbonyl (C=O) groups is 2. The van der Waals surface area contributed by atoms with Gasteiger partial charge in [-0.2, -0.15) is 0 Å². The number of benzene rings is 2. The molecule has 0 unspecified atom stereocenters. The number of rotatable bonds is 4. The van der Waals surface area contributed by atoms with Crippen molar-refractivity contribution in [1.82, 2.24) is 5.32 Å². The largest absolute Gasteiger partial charge is 0.355 e. The highest BCUT2D eigenvalue weighted by Gasteiger charge is 2.12. The van der Waals surface area contributed by atoms with Crippen molar-refractivity contribution in [1.29, 1.82) is 0 Å². The van der Waals surface area contributed by atoms with Crippen molar-refractivity contribution in [3.8, 4) is 0 Å². The summed E-state index contributed by atoms with van der Waals surface area (Å²) in [7, 11) is 1.55. The van der Waals surface area contributed by atoms with E-state index in [-0.39, 0.29) is 11.8 Å². The van der Waals surface area contributed by atoms with Crippen LogP contribution in [0.5, 0.6) is 0 Å². The summed E-state index contributed by atoms with van der Waals surface area (Å²) in [5.74, 6) is -0.517. The van der Waals surface area contributed by atoms with Crippen molar-refractivity contribution in [2.75, 3.05) is 12.4 Å². The second-order valence-electron chi connectivity index (χ2n) is 4.96. The number of hydrogen-bond donors (Lipinski definition) is 2. The van der Waals surface area contributed by atoms with Crippen molar-refractivity contribution >= 4 is 35.2 Å². The molecule has 2 rings (SSSR count). The fraction of sp³-hybridized carbons (Fsp3) is 0.111. The van der Waals surface area contributed by atoms with E-state index >= 15 is 0 Å². The van der Waals surface area contributed by atoms with Crippen molar-refractivity contribution in [2.45, 2.75) is 6.92 Å².